The van der Waals surface area contributed by atoms with Crippen molar-refractivity contribution in [3.05, 3.63) is 29.6 Å². The predicted molar refractivity (Wildman–Crippen MR) is 77.2 cm³/mol. The van der Waals surface area contributed by atoms with Crippen LogP contribution in [0.25, 0.3) is 0 Å². The van der Waals surface area contributed by atoms with E-state index in [0.717, 1.165) is 24.4 Å². The van der Waals surface area contributed by atoms with Crippen molar-refractivity contribution < 1.29 is 4.39 Å². The lowest BCUT2D eigenvalue weighted by molar-refractivity contribution is 0.340. The van der Waals surface area contributed by atoms with E-state index >= 15 is 0 Å². The van der Waals surface area contributed by atoms with E-state index in [1.165, 1.54) is 25.0 Å². The molecule has 0 bridgehead atoms. The van der Waals surface area contributed by atoms with Gasteiger partial charge in [0.25, 0.3) is 0 Å². The molecule has 0 heterocycles. The first-order valence-electron chi connectivity index (χ1n) is 6.86. The standard InChI is InChI=1S/C15H22FN3/c1-10-3-6-12(7-4-10)19(2)14-8-5-11(16)9-13(14)15(17)18/h5,8-10,12H,3-4,6-7H2,1-2H3,(H3,17,18). The number of amidine groups is 1. The fourth-order valence-corrected chi connectivity index (χ4v) is 2.86. The highest BCUT2D eigenvalue weighted by molar-refractivity contribution is 6.00. The van der Waals surface area contributed by atoms with Crippen LogP contribution in [0.15, 0.2) is 18.2 Å². The number of nitrogen functional groups attached to an aromatic ring is 1. The first kappa shape index (κ1) is 13.8. The number of anilines is 1. The molecule has 0 aromatic heterocycles. The maximum atomic E-state index is 13.3. The molecule has 1 aromatic rings. The third kappa shape index (κ3) is 3.06. The second-order valence-electron chi connectivity index (χ2n) is 5.60. The summed E-state index contributed by atoms with van der Waals surface area (Å²) in [7, 11) is 2.01. The molecule has 1 aliphatic carbocycles. The van der Waals surface area contributed by atoms with Gasteiger partial charge in [0.1, 0.15) is 11.7 Å². The van der Waals surface area contributed by atoms with Crippen molar-refractivity contribution in [3.8, 4) is 0 Å². The second-order valence-corrected chi connectivity index (χ2v) is 5.60. The average Bonchev–Trinajstić information content (AvgIpc) is 2.38. The summed E-state index contributed by atoms with van der Waals surface area (Å²) in [6.07, 6.45) is 4.75. The molecule has 0 saturated heterocycles. The summed E-state index contributed by atoms with van der Waals surface area (Å²) < 4.78 is 13.3. The van der Waals surface area contributed by atoms with Gasteiger partial charge in [-0.05, 0) is 49.8 Å². The van der Waals surface area contributed by atoms with Gasteiger partial charge in [-0.1, -0.05) is 6.92 Å². The number of hydrogen-bond donors (Lipinski definition) is 2. The fraction of sp³-hybridized carbons (Fsp3) is 0.533. The van der Waals surface area contributed by atoms with Crippen LogP contribution < -0.4 is 10.6 Å². The smallest absolute Gasteiger partial charge is 0.125 e. The lowest BCUT2D eigenvalue weighted by atomic mass is 9.86. The molecule has 1 aliphatic rings. The van der Waals surface area contributed by atoms with Crippen LogP contribution in [0, 0.1) is 17.1 Å². The molecule has 19 heavy (non-hydrogen) atoms. The zero-order valence-electron chi connectivity index (χ0n) is 11.6. The van der Waals surface area contributed by atoms with Crippen molar-refractivity contribution in [1.29, 1.82) is 5.41 Å². The van der Waals surface area contributed by atoms with Gasteiger partial charge in [-0.15, -0.1) is 0 Å². The fourth-order valence-electron chi connectivity index (χ4n) is 2.86. The molecule has 104 valence electrons. The van der Waals surface area contributed by atoms with Crippen LogP contribution in [0.4, 0.5) is 10.1 Å². The SMILES string of the molecule is CC1CCC(N(C)c2ccc(F)cc2C(=N)N)CC1. The summed E-state index contributed by atoms with van der Waals surface area (Å²) in [5, 5.41) is 7.60. The number of nitrogens with zero attached hydrogens (tertiary/aromatic N) is 1. The highest BCUT2D eigenvalue weighted by Gasteiger charge is 2.23. The van der Waals surface area contributed by atoms with Gasteiger partial charge < -0.3 is 10.6 Å². The average molecular weight is 263 g/mol. The van der Waals surface area contributed by atoms with Crippen molar-refractivity contribution >= 4 is 11.5 Å². The minimum atomic E-state index is -0.348. The lowest BCUT2D eigenvalue weighted by Crippen LogP contribution is -2.36. The maximum Gasteiger partial charge on any atom is 0.125 e. The Balaban J connectivity index is 2.23. The lowest BCUT2D eigenvalue weighted by Gasteiger charge is -2.36. The second kappa shape index (κ2) is 5.59. The predicted octanol–water partition coefficient (Wildman–Crippen LogP) is 3.12. The van der Waals surface area contributed by atoms with Crippen LogP contribution in [-0.2, 0) is 0 Å². The van der Waals surface area contributed by atoms with Crippen LogP contribution >= 0.6 is 0 Å². The van der Waals surface area contributed by atoms with Crippen LogP contribution in [0.2, 0.25) is 0 Å². The molecule has 3 nitrogen and oxygen atoms in total. The normalized spacial score (nSPS) is 23.1. The van der Waals surface area contributed by atoms with Gasteiger partial charge in [-0.2, -0.15) is 0 Å². The molecule has 0 aliphatic heterocycles. The molecular formula is C15H22FN3. The van der Waals surface area contributed by atoms with Crippen molar-refractivity contribution in [2.45, 2.75) is 38.6 Å². The summed E-state index contributed by atoms with van der Waals surface area (Å²) >= 11 is 0. The highest BCUT2D eigenvalue weighted by Crippen LogP contribution is 2.31. The third-order valence-corrected chi connectivity index (χ3v) is 4.16. The van der Waals surface area contributed by atoms with E-state index in [1.54, 1.807) is 6.07 Å². The van der Waals surface area contributed by atoms with E-state index in [-0.39, 0.29) is 11.7 Å². The highest BCUT2D eigenvalue weighted by atomic mass is 19.1. The van der Waals surface area contributed by atoms with Crippen LogP contribution in [-0.4, -0.2) is 18.9 Å². The van der Waals surface area contributed by atoms with Crippen molar-refractivity contribution in [1.82, 2.24) is 0 Å². The van der Waals surface area contributed by atoms with E-state index < -0.39 is 0 Å². The molecule has 4 heteroatoms. The Morgan fingerprint density at radius 3 is 2.53 bits per heavy atom. The van der Waals surface area contributed by atoms with Crippen LogP contribution in [0.3, 0.4) is 0 Å². The topological polar surface area (TPSA) is 53.1 Å². The molecule has 2 rings (SSSR count). The summed E-state index contributed by atoms with van der Waals surface area (Å²) in [6.45, 7) is 2.29. The number of halogens is 1. The van der Waals surface area contributed by atoms with E-state index in [4.69, 9.17) is 11.1 Å². The summed E-state index contributed by atoms with van der Waals surface area (Å²) in [4.78, 5) is 2.15. The van der Waals surface area contributed by atoms with Gasteiger partial charge in [0.2, 0.25) is 0 Å². The van der Waals surface area contributed by atoms with Gasteiger partial charge in [0, 0.05) is 24.3 Å². The Labute approximate surface area is 114 Å². The minimum absolute atomic E-state index is 0.0782. The van der Waals surface area contributed by atoms with Crippen LogP contribution in [0.1, 0.15) is 38.2 Å². The number of benzene rings is 1. The summed E-state index contributed by atoms with van der Waals surface area (Å²) in [6, 6.07) is 4.97. The van der Waals surface area contributed by atoms with Crippen molar-refractivity contribution in [3.63, 3.8) is 0 Å². The molecule has 1 fully saturated rings. The Hall–Kier alpha value is -1.58. The first-order chi connectivity index (χ1) is 8.99. The maximum absolute atomic E-state index is 13.3. The Morgan fingerprint density at radius 2 is 1.95 bits per heavy atom. The summed E-state index contributed by atoms with van der Waals surface area (Å²) in [5.41, 5.74) is 6.91. The monoisotopic (exact) mass is 263 g/mol. The molecule has 3 N–H and O–H groups in total. The molecule has 1 saturated carbocycles. The molecule has 0 amide bonds. The Kier molecular flexibility index (Phi) is 4.08. The van der Waals surface area contributed by atoms with Crippen molar-refractivity contribution in [2.75, 3.05) is 11.9 Å². The van der Waals surface area contributed by atoms with E-state index in [9.17, 15) is 4.39 Å². The number of rotatable bonds is 3. The van der Waals surface area contributed by atoms with E-state index in [1.807, 2.05) is 7.05 Å². The molecular weight excluding hydrogens is 241 g/mol. The van der Waals surface area contributed by atoms with E-state index in [2.05, 4.69) is 11.8 Å². The number of nitrogens with one attached hydrogen (secondary N) is 1. The quantitative estimate of drug-likeness (QED) is 0.650. The minimum Gasteiger partial charge on any atom is -0.384 e. The Bertz CT molecular complexity index is 464. The molecule has 0 radical (unpaired) electrons. The Morgan fingerprint density at radius 1 is 1.32 bits per heavy atom. The van der Waals surface area contributed by atoms with Crippen molar-refractivity contribution in [2.24, 2.45) is 11.7 Å². The zero-order chi connectivity index (χ0) is 14.0. The van der Waals surface area contributed by atoms with Gasteiger partial charge >= 0.3 is 0 Å². The first-order valence-corrected chi connectivity index (χ1v) is 6.86. The molecule has 0 unspecified atom stereocenters. The summed E-state index contributed by atoms with van der Waals surface area (Å²) in [5.74, 6) is 0.371. The van der Waals surface area contributed by atoms with Gasteiger partial charge in [0.15, 0.2) is 0 Å². The van der Waals surface area contributed by atoms with Gasteiger partial charge in [-0.25, -0.2) is 4.39 Å². The van der Waals surface area contributed by atoms with Gasteiger partial charge in [-0.3, -0.25) is 5.41 Å². The number of nitrogens with two attached hydrogens (primary N) is 1. The molecule has 0 spiro atoms. The number of hydrogen-bond acceptors (Lipinski definition) is 2. The molecule has 1 aromatic carbocycles. The molecule has 0 atom stereocenters. The van der Waals surface area contributed by atoms with Crippen LogP contribution in [0.5, 0.6) is 0 Å². The largest absolute Gasteiger partial charge is 0.384 e. The zero-order valence-corrected chi connectivity index (χ0v) is 11.6. The van der Waals surface area contributed by atoms with E-state index in [0.29, 0.717) is 11.6 Å². The van der Waals surface area contributed by atoms with Gasteiger partial charge in [0.05, 0.1) is 0 Å². The third-order valence-electron chi connectivity index (χ3n) is 4.16.